The fourth-order valence-corrected chi connectivity index (χ4v) is 3.29. The second-order valence-corrected chi connectivity index (χ2v) is 5.92. The zero-order valence-electron chi connectivity index (χ0n) is 11.9. The second kappa shape index (κ2) is 4.38. The predicted octanol–water partition coefficient (Wildman–Crippen LogP) is 4.91. The SMILES string of the molecule is Cc1ccccc1C(C)(C)C1=CCc2ccccc21. The van der Waals surface area contributed by atoms with E-state index in [1.807, 2.05) is 0 Å². The Morgan fingerprint density at radius 2 is 1.58 bits per heavy atom. The van der Waals surface area contributed by atoms with Crippen molar-refractivity contribution in [2.75, 3.05) is 0 Å². The fourth-order valence-electron chi connectivity index (χ4n) is 3.29. The van der Waals surface area contributed by atoms with Gasteiger partial charge in [0.25, 0.3) is 0 Å². The Labute approximate surface area is 115 Å². The molecule has 0 saturated carbocycles. The summed E-state index contributed by atoms with van der Waals surface area (Å²) < 4.78 is 0. The van der Waals surface area contributed by atoms with E-state index in [1.54, 1.807) is 0 Å². The molecule has 19 heavy (non-hydrogen) atoms. The quantitative estimate of drug-likeness (QED) is 0.708. The summed E-state index contributed by atoms with van der Waals surface area (Å²) >= 11 is 0. The molecule has 0 aliphatic heterocycles. The average Bonchev–Trinajstić information content (AvgIpc) is 2.83. The molecule has 2 aromatic rings. The first-order valence-electron chi connectivity index (χ1n) is 6.96. The third-order valence-electron chi connectivity index (χ3n) is 4.33. The van der Waals surface area contributed by atoms with E-state index in [0.717, 1.165) is 6.42 Å². The lowest BCUT2D eigenvalue weighted by Gasteiger charge is -2.30. The largest absolute Gasteiger partial charge is 0.0754 e. The molecular weight excluding hydrogens is 228 g/mol. The van der Waals surface area contributed by atoms with Crippen molar-refractivity contribution in [3.63, 3.8) is 0 Å². The van der Waals surface area contributed by atoms with Gasteiger partial charge in [0, 0.05) is 5.41 Å². The van der Waals surface area contributed by atoms with E-state index in [1.165, 1.54) is 27.8 Å². The first kappa shape index (κ1) is 12.2. The summed E-state index contributed by atoms with van der Waals surface area (Å²) in [4.78, 5) is 0. The van der Waals surface area contributed by atoms with Crippen molar-refractivity contribution in [3.8, 4) is 0 Å². The molecule has 1 aliphatic rings. The van der Waals surface area contributed by atoms with E-state index < -0.39 is 0 Å². The maximum atomic E-state index is 2.40. The number of benzene rings is 2. The Hall–Kier alpha value is -1.82. The Kier molecular flexibility index (Phi) is 2.82. The molecule has 0 spiro atoms. The number of rotatable bonds is 2. The molecule has 1 aliphatic carbocycles. The van der Waals surface area contributed by atoms with Crippen molar-refractivity contribution in [1.82, 2.24) is 0 Å². The maximum absolute atomic E-state index is 2.40. The van der Waals surface area contributed by atoms with Gasteiger partial charge in [-0.3, -0.25) is 0 Å². The zero-order chi connectivity index (χ0) is 13.5. The van der Waals surface area contributed by atoms with Crippen molar-refractivity contribution >= 4 is 5.57 Å². The summed E-state index contributed by atoms with van der Waals surface area (Å²) in [7, 11) is 0. The van der Waals surface area contributed by atoms with Crippen molar-refractivity contribution < 1.29 is 0 Å². The van der Waals surface area contributed by atoms with Crippen molar-refractivity contribution in [2.24, 2.45) is 0 Å². The first-order chi connectivity index (χ1) is 9.10. The van der Waals surface area contributed by atoms with E-state index in [9.17, 15) is 0 Å². The van der Waals surface area contributed by atoms with Gasteiger partial charge in [-0.25, -0.2) is 0 Å². The van der Waals surface area contributed by atoms with Gasteiger partial charge in [0.1, 0.15) is 0 Å². The van der Waals surface area contributed by atoms with Gasteiger partial charge in [-0.15, -0.1) is 0 Å². The highest BCUT2D eigenvalue weighted by molar-refractivity contribution is 5.80. The van der Waals surface area contributed by atoms with Crippen LogP contribution in [0.15, 0.2) is 54.6 Å². The van der Waals surface area contributed by atoms with Crippen LogP contribution in [0.2, 0.25) is 0 Å². The third kappa shape index (κ3) is 1.92. The van der Waals surface area contributed by atoms with Crippen LogP contribution in [0.1, 0.15) is 36.1 Å². The molecule has 0 unspecified atom stereocenters. The second-order valence-electron chi connectivity index (χ2n) is 5.92. The molecule has 0 nitrogen and oxygen atoms in total. The van der Waals surface area contributed by atoms with Crippen LogP contribution < -0.4 is 0 Å². The predicted molar refractivity (Wildman–Crippen MR) is 82.3 cm³/mol. The minimum atomic E-state index is 0.0674. The van der Waals surface area contributed by atoms with E-state index >= 15 is 0 Å². The van der Waals surface area contributed by atoms with E-state index in [2.05, 4.69) is 75.4 Å². The van der Waals surface area contributed by atoms with Gasteiger partial charge in [0.05, 0.1) is 0 Å². The lowest BCUT2D eigenvalue weighted by molar-refractivity contribution is 0.687. The summed E-state index contributed by atoms with van der Waals surface area (Å²) in [5.41, 5.74) is 7.22. The van der Waals surface area contributed by atoms with Crippen LogP contribution in [0.3, 0.4) is 0 Å². The molecule has 3 rings (SSSR count). The number of hydrogen-bond donors (Lipinski definition) is 0. The van der Waals surface area contributed by atoms with Crippen molar-refractivity contribution in [1.29, 1.82) is 0 Å². The van der Waals surface area contributed by atoms with E-state index in [4.69, 9.17) is 0 Å². The topological polar surface area (TPSA) is 0 Å². The van der Waals surface area contributed by atoms with Gasteiger partial charge >= 0.3 is 0 Å². The van der Waals surface area contributed by atoms with Crippen molar-refractivity contribution in [2.45, 2.75) is 32.6 Å². The van der Waals surface area contributed by atoms with Crippen LogP contribution in [0.25, 0.3) is 5.57 Å². The third-order valence-corrected chi connectivity index (χ3v) is 4.33. The summed E-state index contributed by atoms with van der Waals surface area (Å²) in [6, 6.07) is 17.5. The van der Waals surface area contributed by atoms with Crippen LogP contribution in [0.5, 0.6) is 0 Å². The van der Waals surface area contributed by atoms with Gasteiger partial charge in [-0.05, 0) is 41.2 Å². The van der Waals surface area contributed by atoms with Gasteiger partial charge in [-0.1, -0.05) is 68.5 Å². The smallest absolute Gasteiger partial charge is 0.0152 e. The van der Waals surface area contributed by atoms with Crippen LogP contribution in [-0.4, -0.2) is 0 Å². The highest BCUT2D eigenvalue weighted by Crippen LogP contribution is 2.43. The van der Waals surface area contributed by atoms with Gasteiger partial charge in [-0.2, -0.15) is 0 Å². The highest BCUT2D eigenvalue weighted by Gasteiger charge is 2.31. The summed E-state index contributed by atoms with van der Waals surface area (Å²) in [5, 5.41) is 0. The summed E-state index contributed by atoms with van der Waals surface area (Å²) in [5.74, 6) is 0. The standard InChI is InChI=1S/C19H20/c1-14-8-4-7-11-17(14)19(2,3)18-13-12-15-9-5-6-10-16(15)18/h4-11,13H,12H2,1-3H3. The normalized spacial score (nSPS) is 14.2. The van der Waals surface area contributed by atoms with E-state index in [0.29, 0.717) is 0 Å². The maximum Gasteiger partial charge on any atom is 0.0152 e. The average molecular weight is 248 g/mol. The number of aryl methyl sites for hydroxylation is 1. The van der Waals surface area contributed by atoms with Gasteiger partial charge in [0.15, 0.2) is 0 Å². The zero-order valence-corrected chi connectivity index (χ0v) is 11.9. The molecule has 0 heteroatoms. The molecule has 0 atom stereocenters. The molecule has 0 amide bonds. The van der Waals surface area contributed by atoms with Crippen LogP contribution >= 0.6 is 0 Å². The van der Waals surface area contributed by atoms with Crippen LogP contribution in [0, 0.1) is 6.92 Å². The Morgan fingerprint density at radius 1 is 0.895 bits per heavy atom. The van der Waals surface area contributed by atoms with Crippen LogP contribution in [0.4, 0.5) is 0 Å². The molecule has 0 aromatic heterocycles. The van der Waals surface area contributed by atoms with Crippen molar-refractivity contribution in [3.05, 3.63) is 76.9 Å². The molecular formula is C19H20. The fraction of sp³-hybridized carbons (Fsp3) is 0.263. The van der Waals surface area contributed by atoms with Gasteiger partial charge in [0.2, 0.25) is 0 Å². The monoisotopic (exact) mass is 248 g/mol. The lowest BCUT2D eigenvalue weighted by Crippen LogP contribution is -2.20. The minimum Gasteiger partial charge on any atom is -0.0754 e. The molecule has 0 heterocycles. The lowest BCUT2D eigenvalue weighted by atomic mass is 9.74. The Morgan fingerprint density at radius 3 is 2.37 bits per heavy atom. The minimum absolute atomic E-state index is 0.0674. The highest BCUT2D eigenvalue weighted by atomic mass is 14.3. The molecule has 0 bridgehead atoms. The molecule has 0 N–H and O–H groups in total. The van der Waals surface area contributed by atoms with Gasteiger partial charge < -0.3 is 0 Å². The summed E-state index contributed by atoms with van der Waals surface area (Å²) in [6.07, 6.45) is 3.47. The van der Waals surface area contributed by atoms with Crippen LogP contribution in [-0.2, 0) is 11.8 Å². The first-order valence-corrected chi connectivity index (χ1v) is 6.96. The molecule has 96 valence electrons. The molecule has 0 fully saturated rings. The van der Waals surface area contributed by atoms with E-state index in [-0.39, 0.29) is 5.41 Å². The number of allylic oxidation sites excluding steroid dienone is 2. The Balaban J connectivity index is 2.10. The molecule has 0 radical (unpaired) electrons. The number of hydrogen-bond acceptors (Lipinski definition) is 0. The summed E-state index contributed by atoms with van der Waals surface area (Å²) in [6.45, 7) is 6.88. The molecule has 2 aromatic carbocycles. The Bertz CT molecular complexity index is 645. The number of fused-ring (bicyclic) bond motifs is 1. The molecule has 0 saturated heterocycles.